The van der Waals surface area contributed by atoms with Gasteiger partial charge in [-0.2, -0.15) is 13.2 Å². The van der Waals surface area contributed by atoms with Gasteiger partial charge >= 0.3 is 11.9 Å². The second-order valence-corrected chi connectivity index (χ2v) is 4.90. The molecule has 1 atom stereocenters. The van der Waals surface area contributed by atoms with Crippen LogP contribution in [0.2, 0.25) is 0 Å². The van der Waals surface area contributed by atoms with E-state index in [1.807, 2.05) is 11.9 Å². The van der Waals surface area contributed by atoms with Crippen LogP contribution in [0.3, 0.4) is 0 Å². The van der Waals surface area contributed by atoms with Crippen molar-refractivity contribution in [3.05, 3.63) is 44.1 Å². The second kappa shape index (κ2) is 5.96. The molecule has 0 fully saturated rings. The van der Waals surface area contributed by atoms with Crippen molar-refractivity contribution in [1.82, 2.24) is 9.97 Å². The molecule has 1 unspecified atom stereocenters. The Bertz CT molecular complexity index is 792. The Hall–Kier alpha value is -2.09. The molecule has 1 aromatic heterocycles. The molecule has 0 bridgehead atoms. The molecule has 8 heteroatoms. The SMILES string of the molecule is CCCOC(C)c1cc2c(=O)[nH]c(=O)[nH]c2cc1C(F)(F)F. The van der Waals surface area contributed by atoms with Crippen LogP contribution in [-0.4, -0.2) is 16.6 Å². The Kier molecular flexibility index (Phi) is 4.41. The molecule has 2 aromatic rings. The first-order valence-electron chi connectivity index (χ1n) is 6.73. The lowest BCUT2D eigenvalue weighted by atomic mass is 10.00. The van der Waals surface area contributed by atoms with Crippen LogP contribution >= 0.6 is 0 Å². The molecule has 1 aromatic carbocycles. The first kappa shape index (κ1) is 16.3. The molecule has 0 aliphatic rings. The van der Waals surface area contributed by atoms with E-state index in [2.05, 4.69) is 4.98 Å². The molecule has 0 radical (unpaired) electrons. The fourth-order valence-electron chi connectivity index (χ4n) is 2.20. The molecule has 2 rings (SSSR count). The van der Waals surface area contributed by atoms with E-state index in [-0.39, 0.29) is 16.5 Å². The van der Waals surface area contributed by atoms with Gasteiger partial charge in [-0.1, -0.05) is 6.92 Å². The van der Waals surface area contributed by atoms with Crippen molar-refractivity contribution in [3.63, 3.8) is 0 Å². The normalized spacial score (nSPS) is 13.5. The highest BCUT2D eigenvalue weighted by Gasteiger charge is 2.35. The molecule has 0 aliphatic heterocycles. The van der Waals surface area contributed by atoms with Crippen LogP contribution in [0.25, 0.3) is 10.9 Å². The maximum Gasteiger partial charge on any atom is 0.416 e. The zero-order valence-corrected chi connectivity index (χ0v) is 12.0. The predicted octanol–water partition coefficient (Wildman–Crippen LogP) is 2.72. The summed E-state index contributed by atoms with van der Waals surface area (Å²) in [5.74, 6) is 0. The molecule has 0 saturated heterocycles. The van der Waals surface area contributed by atoms with Gasteiger partial charge in [0.05, 0.1) is 22.6 Å². The van der Waals surface area contributed by atoms with Crippen molar-refractivity contribution in [1.29, 1.82) is 0 Å². The lowest BCUT2D eigenvalue weighted by Gasteiger charge is -2.19. The van der Waals surface area contributed by atoms with Crippen molar-refractivity contribution in [3.8, 4) is 0 Å². The maximum atomic E-state index is 13.2. The van der Waals surface area contributed by atoms with Crippen LogP contribution in [0.1, 0.15) is 37.5 Å². The summed E-state index contributed by atoms with van der Waals surface area (Å²) >= 11 is 0. The Morgan fingerprint density at radius 2 is 1.91 bits per heavy atom. The van der Waals surface area contributed by atoms with E-state index in [9.17, 15) is 22.8 Å². The highest BCUT2D eigenvalue weighted by Crippen LogP contribution is 2.37. The summed E-state index contributed by atoms with van der Waals surface area (Å²) in [6, 6.07) is 1.89. The molecule has 1 heterocycles. The van der Waals surface area contributed by atoms with Gasteiger partial charge in [0.15, 0.2) is 0 Å². The third-order valence-corrected chi connectivity index (χ3v) is 3.22. The van der Waals surface area contributed by atoms with Gasteiger partial charge in [-0.05, 0) is 31.0 Å². The van der Waals surface area contributed by atoms with Crippen molar-refractivity contribution < 1.29 is 17.9 Å². The first-order valence-corrected chi connectivity index (χ1v) is 6.73. The number of alkyl halides is 3. The van der Waals surface area contributed by atoms with Crippen LogP contribution in [0.15, 0.2) is 21.7 Å². The molecule has 0 aliphatic carbocycles. The average Bonchev–Trinajstić information content (AvgIpc) is 2.42. The van der Waals surface area contributed by atoms with E-state index in [0.717, 1.165) is 12.1 Å². The van der Waals surface area contributed by atoms with Gasteiger partial charge in [-0.25, -0.2) is 4.79 Å². The standard InChI is InChI=1S/C14H15F3N2O3/c1-3-4-22-7(2)8-5-9-11(6-10(8)14(15,16)17)18-13(21)19-12(9)20/h5-7H,3-4H2,1-2H3,(H2,18,19,20,21). The molecule has 0 saturated carbocycles. The van der Waals surface area contributed by atoms with Crippen molar-refractivity contribution in [2.45, 2.75) is 32.5 Å². The number of H-pyrrole nitrogens is 2. The molecule has 0 spiro atoms. The average molecular weight is 316 g/mol. The minimum atomic E-state index is -4.62. The van der Waals surface area contributed by atoms with Crippen LogP contribution in [0, 0.1) is 0 Å². The Morgan fingerprint density at radius 1 is 1.23 bits per heavy atom. The Labute approximate surface area is 123 Å². The Balaban J connectivity index is 2.71. The summed E-state index contributed by atoms with van der Waals surface area (Å²) in [6.45, 7) is 3.64. The van der Waals surface area contributed by atoms with E-state index in [0.29, 0.717) is 13.0 Å². The summed E-state index contributed by atoms with van der Waals surface area (Å²) < 4.78 is 45.0. The number of halogens is 3. The van der Waals surface area contributed by atoms with E-state index >= 15 is 0 Å². The van der Waals surface area contributed by atoms with Gasteiger partial charge in [0.1, 0.15) is 0 Å². The fraction of sp³-hybridized carbons (Fsp3) is 0.429. The lowest BCUT2D eigenvalue weighted by Crippen LogP contribution is -2.23. The number of hydrogen-bond donors (Lipinski definition) is 2. The summed E-state index contributed by atoms with van der Waals surface area (Å²) in [7, 11) is 0. The summed E-state index contributed by atoms with van der Waals surface area (Å²) in [4.78, 5) is 27.2. The summed E-state index contributed by atoms with van der Waals surface area (Å²) in [6.07, 6.45) is -4.78. The zero-order chi connectivity index (χ0) is 16.5. The molecule has 5 nitrogen and oxygen atoms in total. The second-order valence-electron chi connectivity index (χ2n) is 4.90. The van der Waals surface area contributed by atoms with E-state index in [1.165, 1.54) is 6.92 Å². The molecular formula is C14H15F3N2O3. The monoisotopic (exact) mass is 316 g/mol. The van der Waals surface area contributed by atoms with Gasteiger partial charge < -0.3 is 9.72 Å². The van der Waals surface area contributed by atoms with E-state index < -0.39 is 29.1 Å². The number of aromatic nitrogens is 2. The van der Waals surface area contributed by atoms with Crippen molar-refractivity contribution in [2.24, 2.45) is 0 Å². The van der Waals surface area contributed by atoms with E-state index in [4.69, 9.17) is 4.74 Å². The van der Waals surface area contributed by atoms with Gasteiger partial charge in [-0.3, -0.25) is 9.78 Å². The number of nitrogens with one attached hydrogen (secondary N) is 2. The fourth-order valence-corrected chi connectivity index (χ4v) is 2.20. The molecular weight excluding hydrogens is 301 g/mol. The third-order valence-electron chi connectivity index (χ3n) is 3.22. The first-order chi connectivity index (χ1) is 10.2. The van der Waals surface area contributed by atoms with Crippen molar-refractivity contribution in [2.75, 3.05) is 6.61 Å². The number of ether oxygens (including phenoxy) is 1. The smallest absolute Gasteiger partial charge is 0.374 e. The zero-order valence-electron chi connectivity index (χ0n) is 12.0. The van der Waals surface area contributed by atoms with Gasteiger partial charge in [-0.15, -0.1) is 0 Å². The highest BCUT2D eigenvalue weighted by atomic mass is 19.4. The molecule has 22 heavy (non-hydrogen) atoms. The maximum absolute atomic E-state index is 13.2. The topological polar surface area (TPSA) is 75.0 Å². The summed E-state index contributed by atoms with van der Waals surface area (Å²) in [5, 5.41) is -0.0189. The van der Waals surface area contributed by atoms with Crippen LogP contribution in [0.4, 0.5) is 13.2 Å². The molecule has 2 N–H and O–H groups in total. The minimum absolute atomic E-state index is 0.0189. The van der Waals surface area contributed by atoms with Gasteiger partial charge in [0.25, 0.3) is 5.56 Å². The van der Waals surface area contributed by atoms with Crippen LogP contribution in [0.5, 0.6) is 0 Å². The molecule has 120 valence electrons. The van der Waals surface area contributed by atoms with Gasteiger partial charge in [0.2, 0.25) is 0 Å². The van der Waals surface area contributed by atoms with Crippen LogP contribution < -0.4 is 11.2 Å². The Morgan fingerprint density at radius 3 is 2.50 bits per heavy atom. The lowest BCUT2D eigenvalue weighted by molar-refractivity contribution is -0.139. The third kappa shape index (κ3) is 3.22. The number of aromatic amines is 2. The predicted molar refractivity (Wildman–Crippen MR) is 74.8 cm³/mol. The number of rotatable bonds is 4. The number of hydrogen-bond acceptors (Lipinski definition) is 3. The quantitative estimate of drug-likeness (QED) is 0.910. The van der Waals surface area contributed by atoms with Crippen molar-refractivity contribution >= 4 is 10.9 Å². The number of benzene rings is 1. The minimum Gasteiger partial charge on any atom is -0.374 e. The highest BCUT2D eigenvalue weighted by molar-refractivity contribution is 5.79. The summed E-state index contributed by atoms with van der Waals surface area (Å²) in [5.41, 5.74) is -2.81. The van der Waals surface area contributed by atoms with E-state index in [1.54, 1.807) is 0 Å². The number of fused-ring (bicyclic) bond motifs is 1. The molecule has 0 amide bonds. The largest absolute Gasteiger partial charge is 0.416 e. The van der Waals surface area contributed by atoms with Gasteiger partial charge in [0, 0.05) is 6.61 Å². The van der Waals surface area contributed by atoms with Crippen LogP contribution in [-0.2, 0) is 10.9 Å².